The highest BCUT2D eigenvalue weighted by atomic mass is 32.2. The van der Waals surface area contributed by atoms with Gasteiger partial charge in [-0.25, -0.2) is 18.4 Å². The van der Waals surface area contributed by atoms with Crippen LogP contribution in [0.4, 0.5) is 17.3 Å². The zero-order valence-electron chi connectivity index (χ0n) is 16.5. The molecule has 29 heavy (non-hydrogen) atoms. The molecular weight excluding hydrogens is 392 g/mol. The van der Waals surface area contributed by atoms with E-state index in [9.17, 15) is 13.2 Å². The summed E-state index contributed by atoms with van der Waals surface area (Å²) < 4.78 is 23.7. The van der Waals surface area contributed by atoms with Gasteiger partial charge in [-0.05, 0) is 50.6 Å². The lowest BCUT2D eigenvalue weighted by Gasteiger charge is -2.25. The molecule has 1 aromatic carbocycles. The van der Waals surface area contributed by atoms with E-state index in [1.54, 1.807) is 12.1 Å². The highest BCUT2D eigenvalue weighted by Crippen LogP contribution is 2.25. The van der Waals surface area contributed by atoms with Crippen molar-refractivity contribution in [3.63, 3.8) is 0 Å². The lowest BCUT2D eigenvalue weighted by Crippen LogP contribution is -2.36. The number of benzene rings is 1. The molecule has 9 nitrogen and oxygen atoms in total. The van der Waals surface area contributed by atoms with Gasteiger partial charge in [0.1, 0.15) is 0 Å². The molecule has 1 amide bonds. The van der Waals surface area contributed by atoms with Gasteiger partial charge in [-0.3, -0.25) is 4.79 Å². The third kappa shape index (κ3) is 5.21. The average molecular weight is 419 g/mol. The molecule has 0 spiro atoms. The third-order valence-corrected chi connectivity index (χ3v) is 5.85. The fraction of sp³-hybridized carbons (Fsp3) is 0.421. The van der Waals surface area contributed by atoms with E-state index in [0.717, 1.165) is 32.2 Å². The number of amides is 1. The fourth-order valence-electron chi connectivity index (χ4n) is 3.19. The molecule has 0 aliphatic carbocycles. The van der Waals surface area contributed by atoms with Crippen LogP contribution in [0.1, 0.15) is 35.9 Å². The molecular formula is C19H26N6O3S. The van der Waals surface area contributed by atoms with E-state index in [1.165, 1.54) is 12.1 Å². The lowest BCUT2D eigenvalue weighted by molar-refractivity contribution is 0.0996. The first-order valence-electron chi connectivity index (χ1n) is 9.53. The number of aromatic nitrogens is 2. The topological polar surface area (TPSA) is 139 Å². The Morgan fingerprint density at radius 1 is 1.24 bits per heavy atom. The molecule has 156 valence electrons. The molecule has 0 unspecified atom stereocenters. The van der Waals surface area contributed by atoms with Crippen LogP contribution in [0, 0.1) is 0 Å². The SMILES string of the molecule is CCc1nc(C(N)=O)c(Nc2cccc(S(C)(=O)=O)c2)nc1NC1CCNCC1. The number of rotatable bonds is 7. The number of sulfone groups is 1. The Bertz CT molecular complexity index is 1000. The number of piperidine rings is 1. The van der Waals surface area contributed by atoms with Gasteiger partial charge in [-0.1, -0.05) is 13.0 Å². The summed E-state index contributed by atoms with van der Waals surface area (Å²) in [5.41, 5.74) is 6.67. The second-order valence-corrected chi connectivity index (χ2v) is 9.04. The standard InChI is InChI=1S/C19H26N6O3S/c1-3-15-18(22-12-7-9-21-10-8-12)25-19(16(24-15)17(20)26)23-13-5-4-6-14(11-13)29(2,27)28/h4-6,11-12,21H,3,7-10H2,1-2H3,(H2,20,26)(H2,22,23,25). The van der Waals surface area contributed by atoms with Gasteiger partial charge < -0.3 is 21.7 Å². The molecule has 0 bridgehead atoms. The predicted octanol–water partition coefficient (Wildman–Crippen LogP) is 1.45. The summed E-state index contributed by atoms with van der Waals surface area (Å²) in [6.45, 7) is 3.79. The molecule has 0 atom stereocenters. The zero-order chi connectivity index (χ0) is 21.0. The van der Waals surface area contributed by atoms with Crippen LogP contribution in [0.25, 0.3) is 0 Å². The van der Waals surface area contributed by atoms with Crippen LogP contribution < -0.4 is 21.7 Å². The number of aryl methyl sites for hydroxylation is 1. The maximum absolute atomic E-state index is 12.0. The van der Waals surface area contributed by atoms with E-state index in [2.05, 4.69) is 25.9 Å². The molecule has 5 N–H and O–H groups in total. The second-order valence-electron chi connectivity index (χ2n) is 7.03. The Labute approximate surface area is 170 Å². The van der Waals surface area contributed by atoms with Gasteiger partial charge in [0.25, 0.3) is 5.91 Å². The van der Waals surface area contributed by atoms with Crippen LogP contribution in [0.15, 0.2) is 29.2 Å². The summed E-state index contributed by atoms with van der Waals surface area (Å²) in [4.78, 5) is 21.1. The molecule has 1 aromatic heterocycles. The van der Waals surface area contributed by atoms with Crippen LogP contribution >= 0.6 is 0 Å². The van der Waals surface area contributed by atoms with Crippen molar-refractivity contribution in [2.45, 2.75) is 37.1 Å². The van der Waals surface area contributed by atoms with E-state index in [0.29, 0.717) is 23.6 Å². The molecule has 0 radical (unpaired) electrons. The van der Waals surface area contributed by atoms with Gasteiger partial charge in [0.15, 0.2) is 27.2 Å². The number of hydrogen-bond donors (Lipinski definition) is 4. The highest BCUT2D eigenvalue weighted by Gasteiger charge is 2.20. The Kier molecular flexibility index (Phi) is 6.33. The maximum atomic E-state index is 12.0. The molecule has 1 aliphatic rings. The van der Waals surface area contributed by atoms with Gasteiger partial charge in [0, 0.05) is 18.0 Å². The van der Waals surface area contributed by atoms with Crippen molar-refractivity contribution in [1.29, 1.82) is 0 Å². The molecule has 0 saturated carbocycles. The number of nitrogens with two attached hydrogens (primary N) is 1. The van der Waals surface area contributed by atoms with Gasteiger partial charge in [0.2, 0.25) is 0 Å². The summed E-state index contributed by atoms with van der Waals surface area (Å²) in [6.07, 6.45) is 3.64. The minimum absolute atomic E-state index is 0.0162. The number of primary amides is 1. The fourth-order valence-corrected chi connectivity index (χ4v) is 3.86. The van der Waals surface area contributed by atoms with Crippen molar-refractivity contribution in [2.24, 2.45) is 5.73 Å². The predicted molar refractivity (Wildman–Crippen MR) is 112 cm³/mol. The van der Waals surface area contributed by atoms with Crippen LogP contribution in [0.5, 0.6) is 0 Å². The quantitative estimate of drug-likeness (QED) is 0.530. The number of hydrogen-bond acceptors (Lipinski definition) is 8. The first-order valence-corrected chi connectivity index (χ1v) is 11.4. The summed E-state index contributed by atoms with van der Waals surface area (Å²) in [5.74, 6) is 0.0883. The zero-order valence-corrected chi connectivity index (χ0v) is 17.3. The summed E-state index contributed by atoms with van der Waals surface area (Å²) in [5, 5.41) is 9.75. The van der Waals surface area contributed by atoms with Crippen LogP contribution in [0.3, 0.4) is 0 Å². The highest BCUT2D eigenvalue weighted by molar-refractivity contribution is 7.90. The summed E-state index contributed by atoms with van der Waals surface area (Å²) in [7, 11) is -3.37. The third-order valence-electron chi connectivity index (χ3n) is 4.74. The minimum atomic E-state index is -3.37. The molecule has 2 heterocycles. The summed E-state index contributed by atoms with van der Waals surface area (Å²) >= 11 is 0. The number of anilines is 3. The van der Waals surface area contributed by atoms with Crippen molar-refractivity contribution < 1.29 is 13.2 Å². The smallest absolute Gasteiger partial charge is 0.271 e. The van der Waals surface area contributed by atoms with E-state index < -0.39 is 15.7 Å². The number of nitrogens with one attached hydrogen (secondary N) is 3. The maximum Gasteiger partial charge on any atom is 0.271 e. The van der Waals surface area contributed by atoms with Crippen molar-refractivity contribution in [1.82, 2.24) is 15.3 Å². The molecule has 2 aromatic rings. The van der Waals surface area contributed by atoms with Gasteiger partial charge in [-0.2, -0.15) is 0 Å². The van der Waals surface area contributed by atoms with E-state index >= 15 is 0 Å². The Balaban J connectivity index is 1.97. The van der Waals surface area contributed by atoms with E-state index in [1.807, 2.05) is 6.92 Å². The number of carbonyl (C=O) groups is 1. The van der Waals surface area contributed by atoms with Crippen molar-refractivity contribution in [2.75, 3.05) is 30.0 Å². The van der Waals surface area contributed by atoms with Crippen LogP contribution in [-0.2, 0) is 16.3 Å². The first-order chi connectivity index (χ1) is 13.8. The van der Waals surface area contributed by atoms with Gasteiger partial charge >= 0.3 is 0 Å². The van der Waals surface area contributed by atoms with Crippen molar-refractivity contribution >= 4 is 33.1 Å². The van der Waals surface area contributed by atoms with Gasteiger partial charge in [0.05, 0.1) is 10.6 Å². The number of nitrogens with zero attached hydrogens (tertiary/aromatic N) is 2. The van der Waals surface area contributed by atoms with E-state index in [-0.39, 0.29) is 22.4 Å². The molecule has 1 saturated heterocycles. The molecule has 1 fully saturated rings. The monoisotopic (exact) mass is 418 g/mol. The first kappa shape index (κ1) is 21.0. The van der Waals surface area contributed by atoms with Crippen LogP contribution in [-0.4, -0.2) is 49.7 Å². The average Bonchev–Trinajstić information content (AvgIpc) is 2.68. The van der Waals surface area contributed by atoms with E-state index in [4.69, 9.17) is 5.73 Å². The Morgan fingerprint density at radius 3 is 2.59 bits per heavy atom. The number of carbonyl (C=O) groups excluding carboxylic acids is 1. The summed E-state index contributed by atoms with van der Waals surface area (Å²) in [6, 6.07) is 6.55. The van der Waals surface area contributed by atoms with Crippen molar-refractivity contribution in [3.8, 4) is 0 Å². The van der Waals surface area contributed by atoms with Crippen LogP contribution in [0.2, 0.25) is 0 Å². The van der Waals surface area contributed by atoms with Gasteiger partial charge in [-0.15, -0.1) is 0 Å². The lowest BCUT2D eigenvalue weighted by atomic mass is 10.1. The largest absolute Gasteiger partial charge is 0.366 e. The molecule has 3 rings (SSSR count). The minimum Gasteiger partial charge on any atom is -0.366 e. The molecule has 10 heteroatoms. The Morgan fingerprint density at radius 2 is 1.97 bits per heavy atom. The Hall–Kier alpha value is -2.72. The second kappa shape index (κ2) is 8.75. The van der Waals surface area contributed by atoms with Crippen molar-refractivity contribution in [3.05, 3.63) is 35.7 Å². The normalized spacial score (nSPS) is 15.1. The molecule has 1 aliphatic heterocycles.